The average Bonchev–Trinajstić information content (AvgIpc) is 3.26. The first kappa shape index (κ1) is 23.1. The zero-order chi connectivity index (χ0) is 23.6. The van der Waals surface area contributed by atoms with Gasteiger partial charge in [0.25, 0.3) is 0 Å². The highest BCUT2D eigenvalue weighted by atomic mass is 32.3. The molecule has 0 saturated heterocycles. The van der Waals surface area contributed by atoms with Crippen molar-refractivity contribution in [2.24, 2.45) is 0 Å². The third kappa shape index (κ3) is 5.15. The van der Waals surface area contributed by atoms with Gasteiger partial charge in [-0.15, -0.1) is 3.63 Å². The molecule has 0 aromatic heterocycles. The Balaban J connectivity index is 1.97. The molecule has 0 amide bonds. The quantitative estimate of drug-likeness (QED) is 0.385. The molecule has 3 aromatic rings. The molecule has 3 aromatic carbocycles. The van der Waals surface area contributed by atoms with Gasteiger partial charge in [-0.2, -0.15) is 16.8 Å². The van der Waals surface area contributed by atoms with Gasteiger partial charge in [0.15, 0.2) is 0 Å². The number of hydrogen-bond acceptors (Lipinski definition) is 7. The van der Waals surface area contributed by atoms with Crippen LogP contribution in [0.2, 0.25) is 0 Å². The SMILES string of the molecule is COc1ccc(C=C(c2ccccc2)c2cccc3c2CNC3)c(S(=O)(=O)OS(=O)(=O)O)c1. The van der Waals surface area contributed by atoms with E-state index in [-0.39, 0.29) is 11.3 Å². The van der Waals surface area contributed by atoms with Crippen LogP contribution < -0.4 is 10.1 Å². The first-order valence-electron chi connectivity index (χ1n) is 9.88. The summed E-state index contributed by atoms with van der Waals surface area (Å²) < 4.78 is 65.9. The Morgan fingerprint density at radius 3 is 2.42 bits per heavy atom. The summed E-state index contributed by atoms with van der Waals surface area (Å²) in [5.74, 6) is 0.177. The fourth-order valence-electron chi connectivity index (χ4n) is 3.80. The minimum atomic E-state index is -5.26. The van der Waals surface area contributed by atoms with Crippen LogP contribution in [0, 0.1) is 0 Å². The van der Waals surface area contributed by atoms with E-state index < -0.39 is 25.4 Å². The Labute approximate surface area is 192 Å². The van der Waals surface area contributed by atoms with Crippen LogP contribution in [0.15, 0.2) is 71.6 Å². The lowest BCUT2D eigenvalue weighted by Crippen LogP contribution is -2.14. The van der Waals surface area contributed by atoms with Gasteiger partial charge in [-0.05, 0) is 51.6 Å². The third-order valence-corrected chi connectivity index (χ3v) is 7.53. The molecule has 1 heterocycles. The summed E-state index contributed by atoms with van der Waals surface area (Å²) in [5, 5.41) is 3.32. The molecule has 0 bridgehead atoms. The van der Waals surface area contributed by atoms with E-state index in [4.69, 9.17) is 9.29 Å². The second-order valence-corrected chi connectivity index (χ2v) is 10.1. The maximum atomic E-state index is 12.7. The second-order valence-electron chi connectivity index (χ2n) is 7.32. The number of nitrogens with one attached hydrogen (secondary N) is 1. The number of methoxy groups -OCH3 is 1. The molecule has 4 rings (SSSR count). The van der Waals surface area contributed by atoms with Crippen LogP contribution in [0.1, 0.15) is 27.8 Å². The molecule has 172 valence electrons. The van der Waals surface area contributed by atoms with E-state index in [2.05, 4.69) is 8.95 Å². The molecule has 10 heteroatoms. The van der Waals surface area contributed by atoms with E-state index in [1.54, 1.807) is 12.1 Å². The summed E-state index contributed by atoms with van der Waals surface area (Å²) in [5.41, 5.74) is 4.91. The predicted octanol–water partition coefficient (Wildman–Crippen LogP) is 3.40. The molecule has 1 aliphatic heterocycles. The van der Waals surface area contributed by atoms with Gasteiger partial charge in [0.1, 0.15) is 10.6 Å². The molecule has 33 heavy (non-hydrogen) atoms. The van der Waals surface area contributed by atoms with Crippen molar-refractivity contribution in [3.05, 3.63) is 94.5 Å². The summed E-state index contributed by atoms with van der Waals surface area (Å²) in [4.78, 5) is -0.460. The first-order valence-corrected chi connectivity index (χ1v) is 12.7. The molecule has 0 radical (unpaired) electrons. The highest BCUT2D eigenvalue weighted by molar-refractivity contribution is 7.97. The fourth-order valence-corrected chi connectivity index (χ4v) is 5.68. The lowest BCUT2D eigenvalue weighted by atomic mass is 9.91. The zero-order valence-corrected chi connectivity index (χ0v) is 19.2. The molecular formula is C23H21NO7S2. The second kappa shape index (κ2) is 9.08. The van der Waals surface area contributed by atoms with Crippen LogP contribution in [0.4, 0.5) is 0 Å². The number of benzene rings is 3. The number of hydrogen-bond donors (Lipinski definition) is 2. The van der Waals surface area contributed by atoms with E-state index in [9.17, 15) is 16.8 Å². The van der Waals surface area contributed by atoms with Crippen molar-refractivity contribution >= 4 is 32.2 Å². The minimum absolute atomic E-state index is 0.168. The minimum Gasteiger partial charge on any atom is -0.497 e. The van der Waals surface area contributed by atoms with Gasteiger partial charge in [-0.3, -0.25) is 4.55 Å². The summed E-state index contributed by atoms with van der Waals surface area (Å²) in [6, 6.07) is 19.5. The summed E-state index contributed by atoms with van der Waals surface area (Å²) >= 11 is 0. The van der Waals surface area contributed by atoms with E-state index in [1.165, 1.54) is 13.2 Å². The molecule has 0 fully saturated rings. The normalized spacial score (nSPS) is 14.2. The lowest BCUT2D eigenvalue weighted by Gasteiger charge is -2.15. The van der Waals surface area contributed by atoms with E-state index in [0.29, 0.717) is 6.54 Å². The topological polar surface area (TPSA) is 119 Å². The molecule has 1 aliphatic rings. The lowest BCUT2D eigenvalue weighted by molar-refractivity contribution is 0.382. The maximum absolute atomic E-state index is 12.7. The Hall–Kier alpha value is -3.02. The highest BCUT2D eigenvalue weighted by Gasteiger charge is 2.27. The molecule has 0 spiro atoms. The smallest absolute Gasteiger partial charge is 0.412 e. The van der Waals surface area contributed by atoms with Crippen molar-refractivity contribution in [3.63, 3.8) is 0 Å². The van der Waals surface area contributed by atoms with Gasteiger partial charge in [-0.25, -0.2) is 0 Å². The van der Waals surface area contributed by atoms with Crippen molar-refractivity contribution < 1.29 is 29.8 Å². The highest BCUT2D eigenvalue weighted by Crippen LogP contribution is 2.34. The maximum Gasteiger partial charge on any atom is 0.412 e. The van der Waals surface area contributed by atoms with Crippen LogP contribution in [-0.2, 0) is 37.2 Å². The summed E-state index contributed by atoms with van der Waals surface area (Å²) in [7, 11) is -8.79. The van der Waals surface area contributed by atoms with Gasteiger partial charge in [0, 0.05) is 19.2 Å². The standard InChI is InChI=1S/C23H21NO7S2/c1-30-19-11-10-17(23(13-19)32(25,26)31-33(27,28)29)12-21(16-6-3-2-4-7-16)20-9-5-8-18-14-24-15-22(18)20/h2-13,24H,14-15H2,1H3,(H,27,28,29). The Morgan fingerprint density at radius 2 is 1.73 bits per heavy atom. The van der Waals surface area contributed by atoms with Crippen LogP contribution in [0.5, 0.6) is 5.75 Å². The van der Waals surface area contributed by atoms with Gasteiger partial charge in [0.05, 0.1) is 7.11 Å². The third-order valence-electron chi connectivity index (χ3n) is 5.23. The Kier molecular flexibility index (Phi) is 6.37. The van der Waals surface area contributed by atoms with Crippen LogP contribution in [0.3, 0.4) is 0 Å². The molecule has 0 saturated carbocycles. The predicted molar refractivity (Wildman–Crippen MR) is 123 cm³/mol. The Morgan fingerprint density at radius 1 is 0.970 bits per heavy atom. The Bertz CT molecular complexity index is 1430. The van der Waals surface area contributed by atoms with E-state index >= 15 is 0 Å². The van der Waals surface area contributed by atoms with Gasteiger partial charge in [-0.1, -0.05) is 48.5 Å². The van der Waals surface area contributed by atoms with Crippen LogP contribution in [0.25, 0.3) is 11.6 Å². The molecule has 0 unspecified atom stereocenters. The molecule has 0 atom stereocenters. The van der Waals surface area contributed by atoms with Crippen molar-refractivity contribution in [1.82, 2.24) is 5.32 Å². The van der Waals surface area contributed by atoms with E-state index in [0.717, 1.165) is 40.4 Å². The number of ether oxygens (including phenoxy) is 1. The van der Waals surface area contributed by atoms with Crippen LogP contribution >= 0.6 is 0 Å². The van der Waals surface area contributed by atoms with Crippen molar-refractivity contribution in [1.29, 1.82) is 0 Å². The van der Waals surface area contributed by atoms with Gasteiger partial charge >= 0.3 is 20.5 Å². The van der Waals surface area contributed by atoms with E-state index in [1.807, 2.05) is 48.5 Å². The van der Waals surface area contributed by atoms with Crippen molar-refractivity contribution in [2.45, 2.75) is 18.0 Å². The van der Waals surface area contributed by atoms with Gasteiger partial charge < -0.3 is 10.1 Å². The zero-order valence-electron chi connectivity index (χ0n) is 17.6. The fraction of sp³-hybridized carbons (Fsp3) is 0.130. The average molecular weight is 488 g/mol. The summed E-state index contributed by atoms with van der Waals surface area (Å²) in [6.45, 7) is 1.39. The van der Waals surface area contributed by atoms with Crippen molar-refractivity contribution in [3.8, 4) is 5.75 Å². The first-order chi connectivity index (χ1) is 15.7. The molecule has 2 N–H and O–H groups in total. The molecule has 8 nitrogen and oxygen atoms in total. The monoisotopic (exact) mass is 487 g/mol. The molecule has 0 aliphatic carbocycles. The van der Waals surface area contributed by atoms with Crippen LogP contribution in [-0.4, -0.2) is 28.5 Å². The number of fused-ring (bicyclic) bond motifs is 1. The number of rotatable bonds is 7. The summed E-state index contributed by atoms with van der Waals surface area (Å²) in [6.07, 6.45) is 1.66. The van der Waals surface area contributed by atoms with Crippen molar-refractivity contribution in [2.75, 3.05) is 7.11 Å². The molecular weight excluding hydrogens is 466 g/mol. The largest absolute Gasteiger partial charge is 0.497 e. The van der Waals surface area contributed by atoms with Gasteiger partial charge in [0.2, 0.25) is 0 Å².